The van der Waals surface area contributed by atoms with Crippen molar-refractivity contribution in [2.75, 3.05) is 39.4 Å². The first-order valence-electron chi connectivity index (χ1n) is 7.73. The fourth-order valence-corrected chi connectivity index (χ4v) is 3.32. The lowest BCUT2D eigenvalue weighted by Gasteiger charge is -2.42. The molecule has 3 rings (SSSR count). The Labute approximate surface area is 134 Å². The summed E-state index contributed by atoms with van der Waals surface area (Å²) in [4.78, 5) is 31.9. The van der Waals surface area contributed by atoms with Crippen LogP contribution in [0.5, 0.6) is 0 Å². The van der Waals surface area contributed by atoms with Crippen molar-refractivity contribution in [1.82, 2.24) is 14.8 Å². The first-order valence-corrected chi connectivity index (χ1v) is 7.73. The maximum Gasteiger partial charge on any atom is 0.326 e. The lowest BCUT2D eigenvalue weighted by atomic mass is 9.95. The number of carboxylic acids is 1. The van der Waals surface area contributed by atoms with Crippen LogP contribution in [0.2, 0.25) is 0 Å². The third-order valence-corrected chi connectivity index (χ3v) is 4.67. The molecule has 1 amide bonds. The second-order valence-electron chi connectivity index (χ2n) is 6.07. The van der Waals surface area contributed by atoms with Crippen LogP contribution in [-0.4, -0.2) is 76.7 Å². The number of aryl methyl sites for hydroxylation is 2. The van der Waals surface area contributed by atoms with Crippen LogP contribution in [0.3, 0.4) is 0 Å². The number of aromatic nitrogens is 1. The lowest BCUT2D eigenvalue weighted by Crippen LogP contribution is -2.61. The van der Waals surface area contributed by atoms with E-state index < -0.39 is 11.5 Å². The lowest BCUT2D eigenvalue weighted by molar-refractivity contribution is -0.152. The van der Waals surface area contributed by atoms with Crippen molar-refractivity contribution in [3.05, 3.63) is 17.3 Å². The Balaban J connectivity index is 1.67. The summed E-state index contributed by atoms with van der Waals surface area (Å²) in [6.45, 7) is 6.06. The van der Waals surface area contributed by atoms with Gasteiger partial charge in [0, 0.05) is 46.1 Å². The van der Waals surface area contributed by atoms with Crippen LogP contribution >= 0.6 is 0 Å². The van der Waals surface area contributed by atoms with E-state index >= 15 is 0 Å². The van der Waals surface area contributed by atoms with Crippen molar-refractivity contribution >= 4 is 11.9 Å². The number of carbonyl (C=O) groups is 2. The predicted octanol–water partition coefficient (Wildman–Crippen LogP) is 0.293. The number of hydrogen-bond acceptors (Lipinski definition) is 6. The monoisotopic (exact) mass is 323 g/mol. The fourth-order valence-electron chi connectivity index (χ4n) is 3.32. The Hall–Kier alpha value is -1.93. The van der Waals surface area contributed by atoms with Gasteiger partial charge < -0.3 is 19.2 Å². The SMILES string of the molecule is Cc1nc(C)c(C(=O)N2CCN(C3(C(=O)O)CCOC3)CC2)o1. The van der Waals surface area contributed by atoms with Crippen molar-refractivity contribution in [2.24, 2.45) is 0 Å². The van der Waals surface area contributed by atoms with E-state index in [0.717, 1.165) is 0 Å². The van der Waals surface area contributed by atoms with E-state index in [1.54, 1.807) is 18.7 Å². The minimum atomic E-state index is -0.951. The zero-order chi connectivity index (χ0) is 16.6. The van der Waals surface area contributed by atoms with Gasteiger partial charge in [0.1, 0.15) is 5.54 Å². The molecule has 23 heavy (non-hydrogen) atoms. The summed E-state index contributed by atoms with van der Waals surface area (Å²) in [7, 11) is 0. The van der Waals surface area contributed by atoms with Gasteiger partial charge in [-0.25, -0.2) is 4.98 Å². The van der Waals surface area contributed by atoms with Gasteiger partial charge >= 0.3 is 5.97 Å². The Morgan fingerprint density at radius 1 is 1.22 bits per heavy atom. The molecule has 0 bridgehead atoms. The predicted molar refractivity (Wildman–Crippen MR) is 79.3 cm³/mol. The standard InChI is InChI=1S/C15H21N3O5/c1-10-12(23-11(2)16-10)13(19)17-4-6-18(7-5-17)15(14(20)21)3-8-22-9-15/h3-9H2,1-2H3,(H,20,21). The fraction of sp³-hybridized carbons (Fsp3) is 0.667. The Morgan fingerprint density at radius 3 is 2.39 bits per heavy atom. The summed E-state index contributed by atoms with van der Waals surface area (Å²) in [6, 6.07) is 0. The van der Waals surface area contributed by atoms with Gasteiger partial charge in [0.15, 0.2) is 5.89 Å². The van der Waals surface area contributed by atoms with Crippen LogP contribution in [0.4, 0.5) is 0 Å². The van der Waals surface area contributed by atoms with Crippen molar-refractivity contribution < 1.29 is 23.8 Å². The molecule has 0 radical (unpaired) electrons. The van der Waals surface area contributed by atoms with Gasteiger partial charge in [-0.15, -0.1) is 0 Å². The maximum atomic E-state index is 12.5. The summed E-state index contributed by atoms with van der Waals surface area (Å²) in [5.41, 5.74) is -0.366. The van der Waals surface area contributed by atoms with Crippen LogP contribution < -0.4 is 0 Å². The summed E-state index contributed by atoms with van der Waals surface area (Å²) < 4.78 is 10.7. The molecule has 1 aromatic rings. The first kappa shape index (κ1) is 15.9. The first-order chi connectivity index (χ1) is 10.9. The van der Waals surface area contributed by atoms with Crippen molar-refractivity contribution in [2.45, 2.75) is 25.8 Å². The molecule has 1 atom stereocenters. The summed E-state index contributed by atoms with van der Waals surface area (Å²) in [5.74, 6) is -0.295. The molecule has 2 aliphatic heterocycles. The molecule has 2 saturated heterocycles. The minimum absolute atomic E-state index is 0.185. The van der Waals surface area contributed by atoms with Crippen LogP contribution in [0, 0.1) is 13.8 Å². The molecular weight excluding hydrogens is 302 g/mol. The summed E-state index contributed by atoms with van der Waals surface area (Å²) >= 11 is 0. The molecule has 0 aromatic carbocycles. The van der Waals surface area contributed by atoms with Crippen molar-refractivity contribution in [1.29, 1.82) is 0 Å². The molecule has 2 fully saturated rings. The smallest absolute Gasteiger partial charge is 0.326 e. The molecule has 1 aromatic heterocycles. The number of rotatable bonds is 3. The molecule has 0 aliphatic carbocycles. The third kappa shape index (κ3) is 2.72. The van der Waals surface area contributed by atoms with Crippen LogP contribution in [-0.2, 0) is 9.53 Å². The normalized spacial score (nSPS) is 25.7. The highest BCUT2D eigenvalue weighted by Gasteiger charge is 2.48. The number of nitrogens with zero attached hydrogens (tertiary/aromatic N) is 3. The van der Waals surface area contributed by atoms with Crippen LogP contribution in [0.25, 0.3) is 0 Å². The highest BCUT2D eigenvalue weighted by atomic mass is 16.5. The van der Waals surface area contributed by atoms with Crippen molar-refractivity contribution in [3.8, 4) is 0 Å². The zero-order valence-electron chi connectivity index (χ0n) is 13.4. The highest BCUT2D eigenvalue weighted by Crippen LogP contribution is 2.28. The molecule has 8 nitrogen and oxygen atoms in total. The maximum absolute atomic E-state index is 12.5. The number of carbonyl (C=O) groups excluding carboxylic acids is 1. The topological polar surface area (TPSA) is 96.1 Å². The van der Waals surface area contributed by atoms with E-state index in [4.69, 9.17) is 9.15 Å². The molecule has 8 heteroatoms. The third-order valence-electron chi connectivity index (χ3n) is 4.67. The average Bonchev–Trinajstić information content (AvgIpc) is 3.14. The van der Waals surface area contributed by atoms with E-state index in [1.165, 1.54) is 0 Å². The Kier molecular flexibility index (Phi) is 4.11. The molecule has 3 heterocycles. The second kappa shape index (κ2) is 5.93. The number of aliphatic carboxylic acids is 1. The van der Waals surface area contributed by atoms with E-state index in [1.807, 2.05) is 4.90 Å². The van der Waals surface area contributed by atoms with Gasteiger partial charge in [0.05, 0.1) is 12.3 Å². The zero-order valence-corrected chi connectivity index (χ0v) is 13.4. The Bertz CT molecular complexity index is 613. The Morgan fingerprint density at radius 2 is 1.91 bits per heavy atom. The second-order valence-corrected chi connectivity index (χ2v) is 6.07. The summed E-state index contributed by atoms with van der Waals surface area (Å²) in [6.07, 6.45) is 0.483. The quantitative estimate of drug-likeness (QED) is 0.854. The van der Waals surface area contributed by atoms with Gasteiger partial charge in [-0.1, -0.05) is 0 Å². The largest absolute Gasteiger partial charge is 0.480 e. The molecule has 1 N–H and O–H groups in total. The molecule has 2 aliphatic rings. The van der Waals surface area contributed by atoms with E-state index in [2.05, 4.69) is 4.98 Å². The van der Waals surface area contributed by atoms with Gasteiger partial charge in [-0.3, -0.25) is 14.5 Å². The minimum Gasteiger partial charge on any atom is -0.480 e. The van der Waals surface area contributed by atoms with Crippen LogP contribution in [0.1, 0.15) is 28.6 Å². The molecule has 0 spiro atoms. The van der Waals surface area contributed by atoms with Gasteiger partial charge in [0.25, 0.3) is 5.91 Å². The number of amides is 1. The van der Waals surface area contributed by atoms with E-state index in [0.29, 0.717) is 50.8 Å². The van der Waals surface area contributed by atoms with Gasteiger partial charge in [0.2, 0.25) is 5.76 Å². The van der Waals surface area contributed by atoms with Gasteiger partial charge in [-0.2, -0.15) is 0 Å². The number of carboxylic acid groups (broad SMARTS) is 1. The number of oxazole rings is 1. The van der Waals surface area contributed by atoms with E-state index in [-0.39, 0.29) is 18.3 Å². The average molecular weight is 323 g/mol. The molecular formula is C15H21N3O5. The van der Waals surface area contributed by atoms with Crippen LogP contribution in [0.15, 0.2) is 4.42 Å². The van der Waals surface area contributed by atoms with Gasteiger partial charge in [-0.05, 0) is 6.92 Å². The summed E-state index contributed by atoms with van der Waals surface area (Å²) in [5, 5.41) is 9.58. The molecule has 126 valence electrons. The number of ether oxygens (including phenoxy) is 1. The molecule has 0 saturated carbocycles. The van der Waals surface area contributed by atoms with Crippen molar-refractivity contribution in [3.63, 3.8) is 0 Å². The highest BCUT2D eigenvalue weighted by molar-refractivity contribution is 5.92. The molecule has 1 unspecified atom stereocenters. The van der Waals surface area contributed by atoms with E-state index in [9.17, 15) is 14.7 Å². The number of piperazine rings is 1. The number of hydrogen-bond donors (Lipinski definition) is 1.